The van der Waals surface area contributed by atoms with Crippen LogP contribution in [0.2, 0.25) is 0 Å². The van der Waals surface area contributed by atoms with Crippen molar-refractivity contribution in [1.29, 1.82) is 0 Å². The second-order valence-corrected chi connectivity index (χ2v) is 5.22. The minimum Gasteiger partial charge on any atom is -0.426 e. The van der Waals surface area contributed by atoms with Crippen LogP contribution in [0.3, 0.4) is 0 Å². The number of ether oxygens (including phenoxy) is 2. The van der Waals surface area contributed by atoms with Gasteiger partial charge in [0.05, 0.1) is 5.39 Å². The third-order valence-electron chi connectivity index (χ3n) is 3.59. The third-order valence-corrected chi connectivity index (χ3v) is 3.59. The SMILES string of the molecule is CCC(=O)Oc1ccc2c(c1)oc(=O)c1cc(OC(=O)NC)ccc12. The van der Waals surface area contributed by atoms with Crippen LogP contribution in [0.15, 0.2) is 45.6 Å². The van der Waals surface area contributed by atoms with Crippen molar-refractivity contribution >= 4 is 33.8 Å². The molecule has 1 amide bonds. The van der Waals surface area contributed by atoms with E-state index in [1.54, 1.807) is 31.2 Å². The highest BCUT2D eigenvalue weighted by Crippen LogP contribution is 2.28. The van der Waals surface area contributed by atoms with Gasteiger partial charge in [-0.25, -0.2) is 9.59 Å². The topological polar surface area (TPSA) is 94.8 Å². The van der Waals surface area contributed by atoms with Crippen LogP contribution in [-0.4, -0.2) is 19.1 Å². The molecule has 0 aliphatic heterocycles. The first-order valence-electron chi connectivity index (χ1n) is 7.62. The summed E-state index contributed by atoms with van der Waals surface area (Å²) in [6, 6.07) is 9.54. The summed E-state index contributed by atoms with van der Waals surface area (Å²) < 4.78 is 15.5. The lowest BCUT2D eigenvalue weighted by molar-refractivity contribution is -0.134. The van der Waals surface area contributed by atoms with E-state index in [2.05, 4.69) is 5.32 Å². The summed E-state index contributed by atoms with van der Waals surface area (Å²) in [5.74, 6) is 0.159. The van der Waals surface area contributed by atoms with E-state index in [0.29, 0.717) is 22.1 Å². The minimum atomic E-state index is -0.632. The molecule has 7 nitrogen and oxygen atoms in total. The Bertz CT molecular complexity index is 1040. The molecule has 25 heavy (non-hydrogen) atoms. The van der Waals surface area contributed by atoms with E-state index in [-0.39, 0.29) is 23.5 Å². The van der Waals surface area contributed by atoms with Crippen LogP contribution in [0.1, 0.15) is 13.3 Å². The van der Waals surface area contributed by atoms with Crippen LogP contribution in [0, 0.1) is 0 Å². The molecular formula is C18H15NO6. The summed E-state index contributed by atoms with van der Waals surface area (Å²) in [5.41, 5.74) is -0.275. The van der Waals surface area contributed by atoms with Crippen LogP contribution in [0.25, 0.3) is 21.7 Å². The molecule has 0 bridgehead atoms. The van der Waals surface area contributed by atoms with Crippen molar-refractivity contribution in [3.05, 3.63) is 46.8 Å². The Labute approximate surface area is 142 Å². The molecule has 2 aromatic carbocycles. The number of carbonyl (C=O) groups is 2. The number of fused-ring (bicyclic) bond motifs is 3. The van der Waals surface area contributed by atoms with Gasteiger partial charge >= 0.3 is 17.7 Å². The summed E-state index contributed by atoms with van der Waals surface area (Å²) in [7, 11) is 1.44. The van der Waals surface area contributed by atoms with E-state index < -0.39 is 11.7 Å². The van der Waals surface area contributed by atoms with Gasteiger partial charge in [0, 0.05) is 30.3 Å². The van der Waals surface area contributed by atoms with Crippen molar-refractivity contribution in [1.82, 2.24) is 5.32 Å². The van der Waals surface area contributed by atoms with E-state index in [1.807, 2.05) is 0 Å². The van der Waals surface area contributed by atoms with Gasteiger partial charge in [0.1, 0.15) is 17.1 Å². The second-order valence-electron chi connectivity index (χ2n) is 5.22. The molecule has 0 radical (unpaired) electrons. The molecule has 0 saturated carbocycles. The Hall–Kier alpha value is -3.35. The molecule has 1 aromatic heterocycles. The van der Waals surface area contributed by atoms with Crippen molar-refractivity contribution in [2.75, 3.05) is 7.05 Å². The highest BCUT2D eigenvalue weighted by Gasteiger charge is 2.12. The summed E-state index contributed by atoms with van der Waals surface area (Å²) in [5, 5.41) is 3.93. The zero-order chi connectivity index (χ0) is 18.0. The molecule has 0 atom stereocenters. The molecule has 3 aromatic rings. The van der Waals surface area contributed by atoms with Gasteiger partial charge in [-0.15, -0.1) is 0 Å². The average molecular weight is 341 g/mol. The lowest BCUT2D eigenvalue weighted by Gasteiger charge is -2.07. The van der Waals surface area contributed by atoms with Crippen molar-refractivity contribution in [3.8, 4) is 11.5 Å². The highest BCUT2D eigenvalue weighted by molar-refractivity contribution is 6.05. The molecule has 0 fully saturated rings. The monoisotopic (exact) mass is 341 g/mol. The van der Waals surface area contributed by atoms with E-state index in [0.717, 1.165) is 0 Å². The summed E-state index contributed by atoms with van der Waals surface area (Å²) >= 11 is 0. The Kier molecular flexibility index (Phi) is 4.38. The van der Waals surface area contributed by atoms with Gasteiger partial charge in [-0.1, -0.05) is 6.92 Å². The van der Waals surface area contributed by atoms with Crippen molar-refractivity contribution in [2.24, 2.45) is 0 Å². The Morgan fingerprint density at radius 2 is 1.68 bits per heavy atom. The zero-order valence-electron chi connectivity index (χ0n) is 13.6. The van der Waals surface area contributed by atoms with Crippen LogP contribution in [0.5, 0.6) is 11.5 Å². The molecule has 0 saturated heterocycles. The number of nitrogens with one attached hydrogen (secondary N) is 1. The Morgan fingerprint density at radius 1 is 1.00 bits per heavy atom. The normalized spacial score (nSPS) is 10.6. The molecule has 0 unspecified atom stereocenters. The fraction of sp³-hybridized carbons (Fsp3) is 0.167. The fourth-order valence-corrected chi connectivity index (χ4v) is 2.38. The standard InChI is InChI=1S/C18H15NO6/c1-3-16(20)23-11-5-7-13-12-6-4-10(24-18(22)19-2)8-14(12)17(21)25-15(13)9-11/h4-9H,3H2,1-2H3,(H,19,22). The quantitative estimate of drug-likeness (QED) is 0.341. The maximum atomic E-state index is 12.3. The number of carbonyl (C=O) groups excluding carboxylic acids is 2. The van der Waals surface area contributed by atoms with E-state index in [4.69, 9.17) is 13.9 Å². The summed E-state index contributed by atoms with van der Waals surface area (Å²) in [6.07, 6.45) is -0.389. The number of hydrogen-bond acceptors (Lipinski definition) is 6. The highest BCUT2D eigenvalue weighted by atomic mass is 16.6. The molecule has 0 spiro atoms. The first-order chi connectivity index (χ1) is 12.0. The molecule has 0 aliphatic rings. The largest absolute Gasteiger partial charge is 0.426 e. The molecule has 0 aliphatic carbocycles. The first kappa shape index (κ1) is 16.5. The van der Waals surface area contributed by atoms with Gasteiger partial charge < -0.3 is 19.2 Å². The lowest BCUT2D eigenvalue weighted by atomic mass is 10.1. The number of hydrogen-bond donors (Lipinski definition) is 1. The summed E-state index contributed by atoms with van der Waals surface area (Å²) in [4.78, 5) is 34.9. The van der Waals surface area contributed by atoms with Crippen LogP contribution >= 0.6 is 0 Å². The van der Waals surface area contributed by atoms with Gasteiger partial charge in [0.2, 0.25) is 0 Å². The Balaban J connectivity index is 2.10. The van der Waals surface area contributed by atoms with Gasteiger partial charge in [-0.2, -0.15) is 0 Å². The molecule has 7 heteroatoms. The van der Waals surface area contributed by atoms with Crippen LogP contribution in [0.4, 0.5) is 4.79 Å². The molecule has 3 rings (SSSR count). The van der Waals surface area contributed by atoms with Gasteiger partial charge in [-0.05, 0) is 30.3 Å². The van der Waals surface area contributed by atoms with E-state index in [9.17, 15) is 14.4 Å². The fourth-order valence-electron chi connectivity index (χ4n) is 2.38. The minimum absolute atomic E-state index is 0.229. The number of amides is 1. The summed E-state index contributed by atoms with van der Waals surface area (Å²) in [6.45, 7) is 1.69. The number of esters is 1. The predicted molar refractivity (Wildman–Crippen MR) is 91.0 cm³/mol. The maximum Gasteiger partial charge on any atom is 0.412 e. The zero-order valence-corrected chi connectivity index (χ0v) is 13.6. The van der Waals surface area contributed by atoms with Gasteiger partial charge in [-0.3, -0.25) is 4.79 Å². The van der Waals surface area contributed by atoms with Gasteiger partial charge in [0.25, 0.3) is 0 Å². The molecule has 1 N–H and O–H groups in total. The van der Waals surface area contributed by atoms with E-state index >= 15 is 0 Å². The smallest absolute Gasteiger partial charge is 0.412 e. The molecule has 1 heterocycles. The lowest BCUT2D eigenvalue weighted by Crippen LogP contribution is -2.22. The van der Waals surface area contributed by atoms with Crippen molar-refractivity contribution < 1.29 is 23.5 Å². The average Bonchev–Trinajstić information content (AvgIpc) is 2.61. The van der Waals surface area contributed by atoms with Gasteiger partial charge in [0.15, 0.2) is 0 Å². The molecular weight excluding hydrogens is 326 g/mol. The number of benzene rings is 2. The Morgan fingerprint density at radius 3 is 2.36 bits per heavy atom. The van der Waals surface area contributed by atoms with Crippen molar-refractivity contribution in [3.63, 3.8) is 0 Å². The molecule has 128 valence electrons. The predicted octanol–water partition coefficient (Wildman–Crippen LogP) is 2.98. The number of rotatable bonds is 3. The van der Waals surface area contributed by atoms with E-state index in [1.165, 1.54) is 19.2 Å². The second kappa shape index (κ2) is 6.64. The first-order valence-corrected chi connectivity index (χ1v) is 7.62. The van der Waals surface area contributed by atoms with Crippen molar-refractivity contribution in [2.45, 2.75) is 13.3 Å². The third kappa shape index (κ3) is 3.30. The maximum absolute atomic E-state index is 12.3. The van der Waals surface area contributed by atoms with Crippen LogP contribution < -0.4 is 20.4 Å². The van der Waals surface area contributed by atoms with Crippen LogP contribution in [-0.2, 0) is 4.79 Å².